The monoisotopic (exact) mass is 229 g/mol. The van der Waals surface area contributed by atoms with Crippen LogP contribution in [0.5, 0.6) is 0 Å². The number of ether oxygens (including phenoxy) is 1. The van der Waals surface area contributed by atoms with Gasteiger partial charge in [-0.1, -0.05) is 6.92 Å². The third-order valence-electron chi connectivity index (χ3n) is 2.84. The maximum absolute atomic E-state index is 11.8. The fraction of sp³-hybridized carbons (Fsp3) is 0.909. The van der Waals surface area contributed by atoms with Crippen molar-refractivity contribution in [3.63, 3.8) is 0 Å². The average molecular weight is 229 g/mol. The van der Waals surface area contributed by atoms with Crippen LogP contribution in [0.4, 0.5) is 0 Å². The first-order chi connectivity index (χ1) is 7.69. The quantitative estimate of drug-likeness (QED) is 0.662. The third-order valence-corrected chi connectivity index (χ3v) is 2.84. The highest BCUT2D eigenvalue weighted by Gasteiger charge is 2.29. The number of nitrogens with one attached hydrogen (secondary N) is 1. The highest BCUT2D eigenvalue weighted by Crippen LogP contribution is 2.09. The van der Waals surface area contributed by atoms with E-state index in [0.29, 0.717) is 32.2 Å². The van der Waals surface area contributed by atoms with Gasteiger partial charge in [-0.15, -0.1) is 0 Å². The molecular formula is C11H23N3O2. The fourth-order valence-electron chi connectivity index (χ4n) is 1.86. The van der Waals surface area contributed by atoms with Crippen LogP contribution in [0.15, 0.2) is 0 Å². The average Bonchev–Trinajstić information content (AvgIpc) is 2.30. The zero-order chi connectivity index (χ0) is 12.0. The van der Waals surface area contributed by atoms with Crippen molar-refractivity contribution in [1.82, 2.24) is 10.2 Å². The lowest BCUT2D eigenvalue weighted by Gasteiger charge is -2.35. The molecule has 0 aromatic heterocycles. The van der Waals surface area contributed by atoms with Crippen LogP contribution >= 0.6 is 0 Å². The summed E-state index contributed by atoms with van der Waals surface area (Å²) in [5.41, 5.74) is 5.61. The maximum Gasteiger partial charge on any atom is 0.239 e. The Balaban J connectivity index is 2.52. The van der Waals surface area contributed by atoms with E-state index in [9.17, 15) is 4.79 Å². The molecule has 0 saturated carbocycles. The first-order valence-electron chi connectivity index (χ1n) is 5.98. The minimum atomic E-state index is -0.150. The fourth-order valence-corrected chi connectivity index (χ4v) is 1.86. The summed E-state index contributed by atoms with van der Waals surface area (Å²) < 4.78 is 5.36. The van der Waals surface area contributed by atoms with Crippen LogP contribution in [0, 0.1) is 5.92 Å². The summed E-state index contributed by atoms with van der Waals surface area (Å²) >= 11 is 0. The van der Waals surface area contributed by atoms with Gasteiger partial charge in [0.05, 0.1) is 13.2 Å². The highest BCUT2D eigenvalue weighted by molar-refractivity contribution is 5.81. The van der Waals surface area contributed by atoms with Gasteiger partial charge in [-0.25, -0.2) is 0 Å². The standard InChI is InChI=1S/C11H23N3O2/c1-3-13-11(15)10-8-16-5-4-14(10)7-9(2)6-12/h9-10H,3-8,12H2,1-2H3,(H,13,15). The molecule has 1 aliphatic rings. The number of carbonyl (C=O) groups excluding carboxylic acids is 1. The maximum atomic E-state index is 11.8. The van der Waals surface area contributed by atoms with Crippen molar-refractivity contribution in [1.29, 1.82) is 0 Å². The van der Waals surface area contributed by atoms with Crippen molar-refractivity contribution >= 4 is 5.91 Å². The molecule has 5 nitrogen and oxygen atoms in total. The SMILES string of the molecule is CCNC(=O)C1COCCN1CC(C)CN. The number of amides is 1. The summed E-state index contributed by atoms with van der Waals surface area (Å²) in [7, 11) is 0. The topological polar surface area (TPSA) is 67.6 Å². The van der Waals surface area contributed by atoms with Crippen LogP contribution in [-0.4, -0.2) is 56.2 Å². The molecule has 0 spiro atoms. The Labute approximate surface area is 97.3 Å². The summed E-state index contributed by atoms with van der Waals surface area (Å²) in [6.07, 6.45) is 0. The van der Waals surface area contributed by atoms with Crippen molar-refractivity contribution in [2.45, 2.75) is 19.9 Å². The van der Waals surface area contributed by atoms with Crippen LogP contribution in [0.1, 0.15) is 13.8 Å². The van der Waals surface area contributed by atoms with Crippen molar-refractivity contribution in [3.05, 3.63) is 0 Å². The van der Waals surface area contributed by atoms with Gasteiger partial charge in [0, 0.05) is 19.6 Å². The van der Waals surface area contributed by atoms with E-state index in [0.717, 1.165) is 13.1 Å². The van der Waals surface area contributed by atoms with Crippen LogP contribution in [0.3, 0.4) is 0 Å². The molecule has 0 bridgehead atoms. The van der Waals surface area contributed by atoms with E-state index in [1.54, 1.807) is 0 Å². The molecule has 2 unspecified atom stereocenters. The molecule has 0 aromatic rings. The van der Waals surface area contributed by atoms with E-state index in [2.05, 4.69) is 17.1 Å². The number of carbonyl (C=O) groups is 1. The van der Waals surface area contributed by atoms with Gasteiger partial charge in [0.1, 0.15) is 6.04 Å². The molecule has 94 valence electrons. The molecule has 3 N–H and O–H groups in total. The Hall–Kier alpha value is -0.650. The predicted molar refractivity (Wildman–Crippen MR) is 63.1 cm³/mol. The largest absolute Gasteiger partial charge is 0.378 e. The molecule has 0 aromatic carbocycles. The molecular weight excluding hydrogens is 206 g/mol. The smallest absolute Gasteiger partial charge is 0.239 e. The zero-order valence-corrected chi connectivity index (χ0v) is 10.2. The third kappa shape index (κ3) is 3.73. The van der Waals surface area contributed by atoms with E-state index in [-0.39, 0.29) is 11.9 Å². The Kier molecular flexibility index (Phi) is 5.73. The number of likely N-dealkylation sites (N-methyl/N-ethyl adjacent to an activating group) is 1. The highest BCUT2D eigenvalue weighted by atomic mass is 16.5. The van der Waals surface area contributed by atoms with Gasteiger partial charge < -0.3 is 15.8 Å². The molecule has 5 heteroatoms. The first-order valence-corrected chi connectivity index (χ1v) is 5.98. The molecule has 1 aliphatic heterocycles. The van der Waals surface area contributed by atoms with Crippen LogP contribution < -0.4 is 11.1 Å². The minimum absolute atomic E-state index is 0.0615. The number of nitrogens with zero attached hydrogens (tertiary/aromatic N) is 1. The van der Waals surface area contributed by atoms with Crippen molar-refractivity contribution < 1.29 is 9.53 Å². The predicted octanol–water partition coefficient (Wildman–Crippen LogP) is -0.582. The Bertz CT molecular complexity index is 223. The van der Waals surface area contributed by atoms with E-state index in [1.807, 2.05) is 6.92 Å². The molecule has 1 rings (SSSR count). The Morgan fingerprint density at radius 1 is 1.69 bits per heavy atom. The summed E-state index contributed by atoms with van der Waals surface area (Å²) in [5, 5.41) is 2.84. The molecule has 1 fully saturated rings. The number of morpholine rings is 1. The van der Waals surface area contributed by atoms with Gasteiger partial charge in [0.2, 0.25) is 5.91 Å². The van der Waals surface area contributed by atoms with E-state index < -0.39 is 0 Å². The molecule has 1 saturated heterocycles. The number of nitrogens with two attached hydrogens (primary N) is 1. The van der Waals surface area contributed by atoms with Gasteiger partial charge >= 0.3 is 0 Å². The molecule has 2 atom stereocenters. The van der Waals surface area contributed by atoms with E-state index >= 15 is 0 Å². The minimum Gasteiger partial charge on any atom is -0.378 e. The lowest BCUT2D eigenvalue weighted by atomic mass is 10.1. The summed E-state index contributed by atoms with van der Waals surface area (Å²) in [4.78, 5) is 14.0. The number of hydrogen-bond acceptors (Lipinski definition) is 4. The molecule has 1 amide bonds. The second kappa shape index (κ2) is 6.83. The normalized spacial score (nSPS) is 24.1. The number of hydrogen-bond donors (Lipinski definition) is 2. The molecule has 1 heterocycles. The van der Waals surface area contributed by atoms with Crippen molar-refractivity contribution in [2.75, 3.05) is 39.4 Å². The van der Waals surface area contributed by atoms with Crippen LogP contribution in [-0.2, 0) is 9.53 Å². The van der Waals surface area contributed by atoms with Gasteiger partial charge in [-0.2, -0.15) is 0 Å². The Morgan fingerprint density at radius 3 is 3.06 bits per heavy atom. The molecule has 0 aliphatic carbocycles. The lowest BCUT2D eigenvalue weighted by molar-refractivity contribution is -0.132. The van der Waals surface area contributed by atoms with Crippen molar-refractivity contribution in [2.24, 2.45) is 11.7 Å². The summed E-state index contributed by atoms with van der Waals surface area (Å²) in [5.74, 6) is 0.474. The summed E-state index contributed by atoms with van der Waals surface area (Å²) in [6.45, 7) is 8.21. The second-order valence-electron chi connectivity index (χ2n) is 4.32. The van der Waals surface area contributed by atoms with Crippen LogP contribution in [0.25, 0.3) is 0 Å². The lowest BCUT2D eigenvalue weighted by Crippen LogP contribution is -2.55. The van der Waals surface area contributed by atoms with E-state index in [1.165, 1.54) is 0 Å². The number of rotatable bonds is 5. The molecule has 16 heavy (non-hydrogen) atoms. The zero-order valence-electron chi connectivity index (χ0n) is 10.2. The first kappa shape index (κ1) is 13.4. The molecule has 0 radical (unpaired) electrons. The summed E-state index contributed by atoms with van der Waals surface area (Å²) in [6, 6.07) is -0.150. The Morgan fingerprint density at radius 2 is 2.44 bits per heavy atom. The van der Waals surface area contributed by atoms with Gasteiger partial charge in [0.25, 0.3) is 0 Å². The van der Waals surface area contributed by atoms with Crippen LogP contribution in [0.2, 0.25) is 0 Å². The van der Waals surface area contributed by atoms with Gasteiger partial charge in [-0.05, 0) is 19.4 Å². The second-order valence-corrected chi connectivity index (χ2v) is 4.32. The van der Waals surface area contributed by atoms with E-state index in [4.69, 9.17) is 10.5 Å². The van der Waals surface area contributed by atoms with Gasteiger partial charge in [0.15, 0.2) is 0 Å². The van der Waals surface area contributed by atoms with Gasteiger partial charge in [-0.3, -0.25) is 9.69 Å². The van der Waals surface area contributed by atoms with Crippen molar-refractivity contribution in [3.8, 4) is 0 Å².